The smallest absolute Gasteiger partial charge is 0.337 e. The van der Waals surface area contributed by atoms with E-state index < -0.39 is 9.24 Å². The number of nitrogens with zero attached hydrogens (tertiary/aromatic N) is 4. The fourth-order valence-corrected chi connectivity index (χ4v) is 2.62. The van der Waals surface area contributed by atoms with E-state index in [4.69, 9.17) is 15.1 Å². The second-order valence-corrected chi connectivity index (χ2v) is 6.52. The van der Waals surface area contributed by atoms with Crippen molar-refractivity contribution in [2.75, 3.05) is 4.41 Å². The van der Waals surface area contributed by atoms with Gasteiger partial charge < -0.3 is 4.42 Å². The lowest BCUT2D eigenvalue weighted by atomic mass is 10.3. The van der Waals surface area contributed by atoms with Crippen molar-refractivity contribution in [1.82, 2.24) is 20.4 Å². The molecule has 0 aliphatic carbocycles. The number of anilines is 1. The van der Waals surface area contributed by atoms with Crippen LogP contribution in [0.5, 0.6) is 0 Å². The van der Waals surface area contributed by atoms with E-state index in [0.717, 1.165) is 0 Å². The molecule has 0 radical (unpaired) electrons. The molecule has 8 nitrogen and oxygen atoms in total. The number of benzene rings is 1. The van der Waals surface area contributed by atoms with E-state index in [1.165, 1.54) is 12.4 Å². The molecule has 10 heteroatoms. The highest BCUT2D eigenvalue weighted by atomic mass is 35.7. The number of hydrazine groups is 1. The van der Waals surface area contributed by atoms with E-state index in [0.29, 0.717) is 21.4 Å². The molecule has 0 bridgehead atoms. The van der Waals surface area contributed by atoms with Gasteiger partial charge in [-0.1, -0.05) is 12.1 Å². The molecule has 0 atom stereocenters. The summed E-state index contributed by atoms with van der Waals surface area (Å²) < 4.78 is 29.4. The van der Waals surface area contributed by atoms with Gasteiger partial charge in [-0.05, 0) is 18.2 Å². The van der Waals surface area contributed by atoms with Gasteiger partial charge in [0.05, 0.1) is 6.54 Å². The highest BCUT2D eigenvalue weighted by Gasteiger charge is 2.22. The minimum Gasteiger partial charge on any atom is -0.439 e. The van der Waals surface area contributed by atoms with E-state index >= 15 is 0 Å². The lowest BCUT2D eigenvalue weighted by Crippen LogP contribution is -2.41. The zero-order valence-corrected chi connectivity index (χ0v) is 12.6. The molecule has 0 spiro atoms. The summed E-state index contributed by atoms with van der Waals surface area (Å²) in [6.07, 6.45) is 2.80. The summed E-state index contributed by atoms with van der Waals surface area (Å²) in [5.41, 5.74) is 3.87. The van der Waals surface area contributed by atoms with Crippen molar-refractivity contribution in [3.8, 4) is 0 Å². The Morgan fingerprint density at radius 1 is 1.18 bits per heavy atom. The van der Waals surface area contributed by atoms with Crippen LogP contribution in [-0.4, -0.2) is 23.4 Å². The topological polar surface area (TPSA) is 101 Å². The number of fused-ring (bicyclic) bond motifs is 1. The number of para-hydroxylation sites is 2. The van der Waals surface area contributed by atoms with Crippen LogP contribution in [0.25, 0.3) is 11.1 Å². The molecule has 114 valence electrons. The summed E-state index contributed by atoms with van der Waals surface area (Å²) >= 11 is 0. The molecule has 0 fully saturated rings. The highest BCUT2D eigenvalue weighted by Crippen LogP contribution is 2.16. The molecule has 2 heterocycles. The lowest BCUT2D eigenvalue weighted by Gasteiger charge is -2.17. The first-order valence-corrected chi connectivity index (χ1v) is 8.40. The number of hydrogen-bond donors (Lipinski definition) is 1. The van der Waals surface area contributed by atoms with Crippen LogP contribution in [-0.2, 0) is 15.8 Å². The van der Waals surface area contributed by atoms with Crippen LogP contribution < -0.4 is 9.84 Å². The van der Waals surface area contributed by atoms with Crippen LogP contribution in [0, 0.1) is 0 Å². The number of nitrogens with one attached hydrogen (secondary N) is 1. The quantitative estimate of drug-likeness (QED) is 0.556. The standard InChI is InChI=1S/C12H10ClN5O3S/c13-22(19,20)18(12-14-6-3-7-15-12)16-8-11-17-9-4-1-2-5-10(9)21-11/h1-7,16H,8H2. The van der Waals surface area contributed by atoms with Gasteiger partial charge in [0, 0.05) is 23.1 Å². The summed E-state index contributed by atoms with van der Waals surface area (Å²) in [6.45, 7) is -0.00111. The number of rotatable bonds is 5. The fraction of sp³-hybridized carbons (Fsp3) is 0.0833. The van der Waals surface area contributed by atoms with Crippen molar-refractivity contribution in [3.05, 3.63) is 48.6 Å². The summed E-state index contributed by atoms with van der Waals surface area (Å²) in [7, 11) is 1.27. The second kappa shape index (κ2) is 5.87. The fourth-order valence-electron chi connectivity index (χ4n) is 1.78. The highest BCUT2D eigenvalue weighted by molar-refractivity contribution is 8.14. The lowest BCUT2D eigenvalue weighted by molar-refractivity contribution is 0.497. The van der Waals surface area contributed by atoms with E-state index in [-0.39, 0.29) is 12.5 Å². The Morgan fingerprint density at radius 2 is 1.91 bits per heavy atom. The van der Waals surface area contributed by atoms with E-state index in [9.17, 15) is 8.42 Å². The SMILES string of the molecule is O=S(=O)(Cl)N(NCc1nc2ccccc2o1)c1ncccn1. The third-order valence-corrected chi connectivity index (χ3v) is 3.81. The molecule has 1 N–H and O–H groups in total. The number of hydrogen-bond acceptors (Lipinski definition) is 7. The molecule has 3 aromatic rings. The number of halogens is 1. The van der Waals surface area contributed by atoms with Crippen molar-refractivity contribution in [1.29, 1.82) is 0 Å². The first-order chi connectivity index (χ1) is 10.5. The average molecular weight is 340 g/mol. The summed E-state index contributed by atoms with van der Waals surface area (Å²) in [5, 5.41) is 0. The van der Waals surface area contributed by atoms with Crippen LogP contribution in [0.1, 0.15) is 5.89 Å². The molecular formula is C12H10ClN5O3S. The first kappa shape index (κ1) is 14.7. The largest absolute Gasteiger partial charge is 0.439 e. The molecular weight excluding hydrogens is 330 g/mol. The molecule has 2 aromatic heterocycles. The Balaban J connectivity index is 1.82. The molecule has 0 saturated carbocycles. The first-order valence-electron chi connectivity index (χ1n) is 6.14. The summed E-state index contributed by atoms with van der Waals surface area (Å²) in [4.78, 5) is 11.9. The van der Waals surface area contributed by atoms with Crippen LogP contribution in [0.3, 0.4) is 0 Å². The van der Waals surface area contributed by atoms with Crippen LogP contribution in [0.15, 0.2) is 47.1 Å². The van der Waals surface area contributed by atoms with Crippen molar-refractivity contribution < 1.29 is 12.8 Å². The van der Waals surface area contributed by atoms with E-state index in [1.54, 1.807) is 18.2 Å². The predicted molar refractivity (Wildman–Crippen MR) is 80.1 cm³/mol. The van der Waals surface area contributed by atoms with Crippen LogP contribution >= 0.6 is 10.7 Å². The van der Waals surface area contributed by atoms with Gasteiger partial charge in [0.1, 0.15) is 5.52 Å². The molecule has 0 amide bonds. The van der Waals surface area contributed by atoms with E-state index in [2.05, 4.69) is 20.4 Å². The van der Waals surface area contributed by atoms with Crippen molar-refractivity contribution in [2.45, 2.75) is 6.54 Å². The molecule has 22 heavy (non-hydrogen) atoms. The van der Waals surface area contributed by atoms with Gasteiger partial charge in [0.15, 0.2) is 5.58 Å². The van der Waals surface area contributed by atoms with Gasteiger partial charge in [-0.3, -0.25) is 0 Å². The van der Waals surface area contributed by atoms with Crippen molar-refractivity contribution in [2.24, 2.45) is 0 Å². The van der Waals surface area contributed by atoms with E-state index in [1.807, 2.05) is 12.1 Å². The zero-order valence-electron chi connectivity index (χ0n) is 11.0. The summed E-state index contributed by atoms with van der Waals surface area (Å²) in [5.74, 6) is 0.205. The Morgan fingerprint density at radius 3 is 2.59 bits per heavy atom. The Bertz CT molecular complexity index is 851. The maximum absolute atomic E-state index is 11.6. The third-order valence-electron chi connectivity index (χ3n) is 2.66. The molecule has 3 rings (SSSR count). The molecule has 0 unspecified atom stereocenters. The third kappa shape index (κ3) is 3.16. The summed E-state index contributed by atoms with van der Waals surface area (Å²) in [6, 6.07) is 8.76. The van der Waals surface area contributed by atoms with Gasteiger partial charge in [-0.25, -0.2) is 20.4 Å². The number of oxazole rings is 1. The van der Waals surface area contributed by atoms with Crippen molar-refractivity contribution in [3.63, 3.8) is 0 Å². The maximum atomic E-state index is 11.6. The van der Waals surface area contributed by atoms with Crippen LogP contribution in [0.4, 0.5) is 5.95 Å². The maximum Gasteiger partial charge on any atom is 0.337 e. The monoisotopic (exact) mass is 339 g/mol. The van der Waals surface area contributed by atoms with Gasteiger partial charge >= 0.3 is 9.24 Å². The van der Waals surface area contributed by atoms with Gasteiger partial charge in [-0.15, -0.1) is 0 Å². The predicted octanol–water partition coefficient (Wildman–Crippen LogP) is 1.61. The molecule has 0 saturated heterocycles. The van der Waals surface area contributed by atoms with Gasteiger partial charge in [0.2, 0.25) is 5.89 Å². The second-order valence-electron chi connectivity index (χ2n) is 4.17. The molecule has 1 aromatic carbocycles. The Labute approximate surface area is 130 Å². The zero-order chi connectivity index (χ0) is 15.6. The molecule has 0 aliphatic rings. The number of aromatic nitrogens is 3. The Hall–Kier alpha value is -2.23. The van der Waals surface area contributed by atoms with Gasteiger partial charge in [-0.2, -0.15) is 12.8 Å². The molecule has 0 aliphatic heterocycles. The van der Waals surface area contributed by atoms with Gasteiger partial charge in [0.25, 0.3) is 5.95 Å². The minimum absolute atomic E-state index is 0.00111. The normalized spacial score (nSPS) is 11.7. The average Bonchev–Trinajstić information content (AvgIpc) is 2.90. The minimum atomic E-state index is -4.12. The van der Waals surface area contributed by atoms with Crippen molar-refractivity contribution >= 4 is 37.0 Å². The Kier molecular flexibility index (Phi) is 3.92. The van der Waals surface area contributed by atoms with Crippen LogP contribution in [0.2, 0.25) is 0 Å².